The predicted octanol–water partition coefficient (Wildman–Crippen LogP) is 1.00. The molecule has 1 saturated heterocycles. The van der Waals surface area contributed by atoms with Crippen molar-refractivity contribution in [2.24, 2.45) is 0 Å². The van der Waals surface area contributed by atoms with Crippen LogP contribution in [-0.2, 0) is 0 Å². The second-order valence-electron chi connectivity index (χ2n) is 4.26. The number of hydrogen-bond donors (Lipinski definition) is 2. The molecule has 1 aliphatic rings. The van der Waals surface area contributed by atoms with Crippen molar-refractivity contribution < 1.29 is 0 Å². The number of aromatic nitrogens is 3. The fraction of sp³-hybridized carbons (Fsp3) is 0.700. The highest BCUT2D eigenvalue weighted by Crippen LogP contribution is 2.12. The molecule has 1 atom stereocenters. The Balaban J connectivity index is 1.88. The average Bonchev–Trinajstić information content (AvgIpc) is 2.78. The molecule has 17 heavy (non-hydrogen) atoms. The standard InChI is InChI=1S/C10H17ClN6/c1-7(17-4-2-3-5-17)6-13-10-15-8(11)14-9(12)16-10/h7H,2-6H2,1H3,(H3,12,13,14,15,16). The summed E-state index contributed by atoms with van der Waals surface area (Å²) in [6, 6.07) is 0.453. The Labute approximate surface area is 106 Å². The van der Waals surface area contributed by atoms with Crippen molar-refractivity contribution in [2.75, 3.05) is 30.7 Å². The Kier molecular flexibility index (Phi) is 3.96. The SMILES string of the molecule is CC(CNc1nc(N)nc(Cl)n1)N1CCCC1. The third-order valence-corrected chi connectivity index (χ3v) is 3.11. The first-order valence-corrected chi connectivity index (χ1v) is 6.18. The van der Waals surface area contributed by atoms with Crippen molar-refractivity contribution in [3.05, 3.63) is 5.28 Å². The van der Waals surface area contributed by atoms with Crippen molar-refractivity contribution >= 4 is 23.5 Å². The lowest BCUT2D eigenvalue weighted by Gasteiger charge is -2.23. The van der Waals surface area contributed by atoms with Gasteiger partial charge in [-0.2, -0.15) is 15.0 Å². The van der Waals surface area contributed by atoms with Gasteiger partial charge in [-0.15, -0.1) is 0 Å². The van der Waals surface area contributed by atoms with E-state index in [1.54, 1.807) is 0 Å². The highest BCUT2D eigenvalue weighted by molar-refractivity contribution is 6.28. The number of nitrogens with two attached hydrogens (primary N) is 1. The molecule has 3 N–H and O–H groups in total. The number of hydrogen-bond acceptors (Lipinski definition) is 6. The van der Waals surface area contributed by atoms with E-state index in [1.807, 2.05) is 0 Å². The molecular weight excluding hydrogens is 240 g/mol. The number of rotatable bonds is 4. The maximum atomic E-state index is 5.70. The van der Waals surface area contributed by atoms with Gasteiger partial charge in [-0.25, -0.2) is 0 Å². The fourth-order valence-corrected chi connectivity index (χ4v) is 2.16. The molecule has 1 fully saturated rings. The number of anilines is 2. The van der Waals surface area contributed by atoms with E-state index in [4.69, 9.17) is 17.3 Å². The van der Waals surface area contributed by atoms with E-state index >= 15 is 0 Å². The molecule has 1 aromatic rings. The van der Waals surface area contributed by atoms with Crippen LogP contribution in [0, 0.1) is 0 Å². The molecule has 2 heterocycles. The molecule has 0 aliphatic carbocycles. The van der Waals surface area contributed by atoms with Crippen LogP contribution in [-0.4, -0.2) is 45.5 Å². The lowest BCUT2D eigenvalue weighted by molar-refractivity contribution is 0.269. The van der Waals surface area contributed by atoms with Gasteiger partial charge in [0.1, 0.15) is 0 Å². The summed E-state index contributed by atoms with van der Waals surface area (Å²) < 4.78 is 0. The highest BCUT2D eigenvalue weighted by Gasteiger charge is 2.17. The average molecular weight is 257 g/mol. The molecule has 1 unspecified atom stereocenters. The molecular formula is C10H17ClN6. The number of nitrogens with zero attached hydrogens (tertiary/aromatic N) is 4. The summed E-state index contributed by atoms with van der Waals surface area (Å²) in [5.41, 5.74) is 5.49. The first-order valence-electron chi connectivity index (χ1n) is 5.80. The molecule has 1 aromatic heterocycles. The van der Waals surface area contributed by atoms with Gasteiger partial charge >= 0.3 is 0 Å². The topological polar surface area (TPSA) is 80.0 Å². The van der Waals surface area contributed by atoms with E-state index in [1.165, 1.54) is 25.9 Å². The van der Waals surface area contributed by atoms with Crippen molar-refractivity contribution in [1.29, 1.82) is 0 Å². The first-order chi connectivity index (χ1) is 8.15. The van der Waals surface area contributed by atoms with Crippen molar-refractivity contribution in [3.8, 4) is 0 Å². The van der Waals surface area contributed by atoms with E-state index in [2.05, 4.69) is 32.1 Å². The van der Waals surface area contributed by atoms with Crippen molar-refractivity contribution in [2.45, 2.75) is 25.8 Å². The van der Waals surface area contributed by atoms with Gasteiger partial charge in [-0.05, 0) is 44.5 Å². The minimum atomic E-state index is 0.119. The Morgan fingerprint density at radius 3 is 2.71 bits per heavy atom. The van der Waals surface area contributed by atoms with Crippen molar-refractivity contribution in [3.63, 3.8) is 0 Å². The minimum absolute atomic E-state index is 0.119. The predicted molar refractivity (Wildman–Crippen MR) is 68.0 cm³/mol. The summed E-state index contributed by atoms with van der Waals surface area (Å²) in [5.74, 6) is 0.579. The van der Waals surface area contributed by atoms with Crippen LogP contribution in [0.1, 0.15) is 19.8 Å². The van der Waals surface area contributed by atoms with Crippen LogP contribution >= 0.6 is 11.6 Å². The molecule has 0 spiro atoms. The zero-order chi connectivity index (χ0) is 12.3. The minimum Gasteiger partial charge on any atom is -0.368 e. The number of likely N-dealkylation sites (tertiary alicyclic amines) is 1. The molecule has 6 nitrogen and oxygen atoms in total. The molecule has 0 amide bonds. The zero-order valence-corrected chi connectivity index (χ0v) is 10.6. The second kappa shape index (κ2) is 5.46. The summed E-state index contributed by atoms with van der Waals surface area (Å²) in [6.07, 6.45) is 2.57. The van der Waals surface area contributed by atoms with Gasteiger partial charge < -0.3 is 11.1 Å². The molecule has 0 aromatic carbocycles. The van der Waals surface area contributed by atoms with E-state index in [0.29, 0.717) is 12.0 Å². The molecule has 0 radical (unpaired) electrons. The largest absolute Gasteiger partial charge is 0.368 e. The summed E-state index contributed by atoms with van der Waals surface area (Å²) >= 11 is 5.70. The van der Waals surface area contributed by atoms with Crippen LogP contribution in [0.3, 0.4) is 0 Å². The molecule has 1 aliphatic heterocycles. The number of nitrogen functional groups attached to an aromatic ring is 1. The van der Waals surface area contributed by atoms with Gasteiger partial charge in [0.2, 0.25) is 17.2 Å². The summed E-state index contributed by atoms with van der Waals surface area (Å²) in [7, 11) is 0. The van der Waals surface area contributed by atoms with E-state index < -0.39 is 0 Å². The molecule has 94 valence electrons. The fourth-order valence-electron chi connectivity index (χ4n) is 1.99. The number of halogens is 1. The van der Waals surface area contributed by atoms with Gasteiger partial charge in [0.05, 0.1) is 0 Å². The molecule has 0 saturated carbocycles. The lowest BCUT2D eigenvalue weighted by Crippen LogP contribution is -2.35. The van der Waals surface area contributed by atoms with E-state index in [-0.39, 0.29) is 11.2 Å². The van der Waals surface area contributed by atoms with Crippen molar-refractivity contribution in [1.82, 2.24) is 19.9 Å². The van der Waals surface area contributed by atoms with Crippen LogP contribution in [0.5, 0.6) is 0 Å². The van der Waals surface area contributed by atoms with Gasteiger partial charge in [-0.3, -0.25) is 4.90 Å². The maximum absolute atomic E-state index is 5.70. The van der Waals surface area contributed by atoms with Crippen LogP contribution < -0.4 is 11.1 Å². The zero-order valence-electron chi connectivity index (χ0n) is 9.86. The number of nitrogens with one attached hydrogen (secondary N) is 1. The Hall–Kier alpha value is -1.14. The first kappa shape index (κ1) is 12.3. The van der Waals surface area contributed by atoms with Gasteiger partial charge in [0.25, 0.3) is 0 Å². The third-order valence-electron chi connectivity index (χ3n) is 2.95. The quantitative estimate of drug-likeness (QED) is 0.837. The Bertz CT molecular complexity index is 359. The molecule has 7 heteroatoms. The smallest absolute Gasteiger partial charge is 0.228 e. The van der Waals surface area contributed by atoms with Gasteiger partial charge in [0, 0.05) is 12.6 Å². The van der Waals surface area contributed by atoms with Gasteiger partial charge in [0.15, 0.2) is 0 Å². The molecule has 2 rings (SSSR count). The van der Waals surface area contributed by atoms with Crippen LogP contribution in [0.25, 0.3) is 0 Å². The Morgan fingerprint density at radius 1 is 1.35 bits per heavy atom. The van der Waals surface area contributed by atoms with Crippen LogP contribution in [0.15, 0.2) is 0 Å². The van der Waals surface area contributed by atoms with Crippen LogP contribution in [0.4, 0.5) is 11.9 Å². The summed E-state index contributed by atoms with van der Waals surface area (Å²) in [4.78, 5) is 14.1. The highest BCUT2D eigenvalue weighted by atomic mass is 35.5. The van der Waals surface area contributed by atoms with E-state index in [0.717, 1.165) is 6.54 Å². The summed E-state index contributed by atoms with van der Waals surface area (Å²) in [5, 5.41) is 3.25. The normalized spacial score (nSPS) is 18.2. The van der Waals surface area contributed by atoms with Crippen LogP contribution in [0.2, 0.25) is 5.28 Å². The second-order valence-corrected chi connectivity index (χ2v) is 4.60. The summed E-state index contributed by atoms with van der Waals surface area (Å²) in [6.45, 7) is 5.30. The maximum Gasteiger partial charge on any atom is 0.228 e. The Morgan fingerprint density at radius 2 is 2.06 bits per heavy atom. The third kappa shape index (κ3) is 3.41. The van der Waals surface area contributed by atoms with Gasteiger partial charge in [-0.1, -0.05) is 0 Å². The lowest BCUT2D eigenvalue weighted by atomic mass is 10.3. The monoisotopic (exact) mass is 256 g/mol. The van der Waals surface area contributed by atoms with E-state index in [9.17, 15) is 0 Å². The molecule has 0 bridgehead atoms.